The molecule has 1 fully saturated rings. The Morgan fingerprint density at radius 3 is 1.22 bits per heavy atom. The van der Waals surface area contributed by atoms with Gasteiger partial charge in [0, 0.05) is 7.11 Å². The number of benzene rings is 2. The van der Waals surface area contributed by atoms with Gasteiger partial charge in [0.05, 0.1) is 11.4 Å². The van der Waals surface area contributed by atoms with E-state index in [1.165, 1.54) is 16.9 Å². The molecule has 1 saturated heterocycles. The number of carbonyl (C=O) groups excluding carboxylic acids is 2. The molecule has 2 aromatic rings. The van der Waals surface area contributed by atoms with Crippen LogP contribution in [0.15, 0.2) is 24.3 Å². The second-order valence-electron chi connectivity index (χ2n) is 7.41. The molecular formula is C22H26N2O3. The van der Waals surface area contributed by atoms with Crippen LogP contribution in [0.5, 0.6) is 0 Å². The molecule has 1 aliphatic rings. The summed E-state index contributed by atoms with van der Waals surface area (Å²) in [5.74, 6) is -1.15. The third-order valence-electron chi connectivity index (χ3n) is 5.03. The third kappa shape index (κ3) is 3.02. The Hall–Kier alpha value is -2.66. The number of nitrogens with zero attached hydrogens (tertiary/aromatic N) is 2. The lowest BCUT2D eigenvalue weighted by atomic mass is 10.0. The maximum absolute atomic E-state index is 13.0. The first-order chi connectivity index (χ1) is 12.7. The predicted octanol–water partition coefficient (Wildman–Crippen LogP) is 3.85. The number of methoxy groups -OCH3 is 1. The van der Waals surface area contributed by atoms with Crippen LogP contribution in [0, 0.1) is 41.5 Å². The van der Waals surface area contributed by atoms with Crippen LogP contribution in [-0.4, -0.2) is 25.3 Å². The summed E-state index contributed by atoms with van der Waals surface area (Å²) in [5.41, 5.74) is 7.45. The van der Waals surface area contributed by atoms with Crippen LogP contribution in [0.1, 0.15) is 33.4 Å². The van der Waals surface area contributed by atoms with E-state index in [0.717, 1.165) is 44.8 Å². The average molecular weight is 366 g/mol. The van der Waals surface area contributed by atoms with Crippen molar-refractivity contribution in [2.75, 3.05) is 16.9 Å². The predicted molar refractivity (Wildman–Crippen MR) is 107 cm³/mol. The average Bonchev–Trinajstić information content (AvgIpc) is 2.78. The largest absolute Gasteiger partial charge is 0.343 e. The van der Waals surface area contributed by atoms with Gasteiger partial charge in [-0.25, -0.2) is 0 Å². The molecule has 1 heterocycles. The van der Waals surface area contributed by atoms with Crippen molar-refractivity contribution in [1.82, 2.24) is 0 Å². The highest BCUT2D eigenvalue weighted by molar-refractivity contribution is 6.48. The highest BCUT2D eigenvalue weighted by Gasteiger charge is 2.48. The summed E-state index contributed by atoms with van der Waals surface area (Å²) in [7, 11) is 1.52. The van der Waals surface area contributed by atoms with Crippen molar-refractivity contribution in [3.8, 4) is 0 Å². The maximum atomic E-state index is 13.0. The van der Waals surface area contributed by atoms with Crippen LogP contribution in [-0.2, 0) is 14.3 Å². The van der Waals surface area contributed by atoms with Gasteiger partial charge in [-0.05, 0) is 63.8 Å². The van der Waals surface area contributed by atoms with Gasteiger partial charge in [-0.3, -0.25) is 19.4 Å². The van der Waals surface area contributed by atoms with Crippen molar-refractivity contribution in [3.05, 3.63) is 57.6 Å². The molecule has 0 unspecified atom stereocenters. The van der Waals surface area contributed by atoms with E-state index in [9.17, 15) is 9.59 Å². The zero-order valence-corrected chi connectivity index (χ0v) is 17.0. The van der Waals surface area contributed by atoms with Gasteiger partial charge in [-0.15, -0.1) is 0 Å². The normalized spacial score (nSPS) is 15.2. The van der Waals surface area contributed by atoms with Crippen molar-refractivity contribution in [3.63, 3.8) is 0 Å². The SMILES string of the molecule is COC1N(c2c(C)cc(C)cc2C)C(=O)C(=O)N1c1c(C)cc(C)cc1C. The number of ether oxygens (including phenoxy) is 1. The summed E-state index contributed by atoms with van der Waals surface area (Å²) in [6.45, 7) is 11.8. The fourth-order valence-corrected chi connectivity index (χ4v) is 4.26. The smallest absolute Gasteiger partial charge is 0.320 e. The fourth-order valence-electron chi connectivity index (χ4n) is 4.26. The van der Waals surface area contributed by atoms with E-state index in [2.05, 4.69) is 0 Å². The number of rotatable bonds is 3. The molecule has 0 saturated carbocycles. The minimum Gasteiger partial charge on any atom is -0.343 e. The lowest BCUT2D eigenvalue weighted by molar-refractivity contribution is -0.133. The number of carbonyl (C=O) groups is 2. The highest BCUT2D eigenvalue weighted by Crippen LogP contribution is 2.37. The quantitative estimate of drug-likeness (QED) is 0.776. The van der Waals surface area contributed by atoms with E-state index in [0.29, 0.717) is 0 Å². The van der Waals surface area contributed by atoms with Gasteiger partial charge in [-0.2, -0.15) is 0 Å². The Morgan fingerprint density at radius 1 is 0.667 bits per heavy atom. The highest BCUT2D eigenvalue weighted by atomic mass is 16.5. The van der Waals surface area contributed by atoms with E-state index in [4.69, 9.17) is 4.74 Å². The first-order valence-corrected chi connectivity index (χ1v) is 9.02. The Kier molecular flexibility index (Phi) is 4.82. The van der Waals surface area contributed by atoms with E-state index in [1.54, 1.807) is 0 Å². The first-order valence-electron chi connectivity index (χ1n) is 9.02. The zero-order valence-electron chi connectivity index (χ0n) is 17.0. The summed E-state index contributed by atoms with van der Waals surface area (Å²) in [6.07, 6.45) is -0.815. The van der Waals surface area contributed by atoms with Gasteiger partial charge in [0.1, 0.15) is 0 Å². The Morgan fingerprint density at radius 2 is 0.963 bits per heavy atom. The summed E-state index contributed by atoms with van der Waals surface area (Å²) >= 11 is 0. The van der Waals surface area contributed by atoms with Crippen molar-refractivity contribution in [2.24, 2.45) is 0 Å². The molecule has 0 radical (unpaired) electrons. The van der Waals surface area contributed by atoms with Crippen LogP contribution in [0.2, 0.25) is 0 Å². The Balaban J connectivity index is 2.19. The lowest BCUT2D eigenvalue weighted by Gasteiger charge is -2.31. The molecule has 0 aliphatic carbocycles. The standard InChI is InChI=1S/C22H26N2O3/c1-12-8-14(3)18(15(4)9-12)23-20(25)21(26)24(22(23)27-7)19-16(5)10-13(2)11-17(19)6/h8-11,22H,1-7H3. The number of hydrogen-bond acceptors (Lipinski definition) is 3. The van der Waals surface area contributed by atoms with E-state index >= 15 is 0 Å². The topological polar surface area (TPSA) is 49.9 Å². The van der Waals surface area contributed by atoms with Crippen LogP contribution in [0.25, 0.3) is 0 Å². The second-order valence-corrected chi connectivity index (χ2v) is 7.41. The van der Waals surface area contributed by atoms with Gasteiger partial charge in [0.15, 0.2) is 0 Å². The molecule has 5 heteroatoms. The van der Waals surface area contributed by atoms with E-state index < -0.39 is 18.2 Å². The van der Waals surface area contributed by atoms with Gasteiger partial charge >= 0.3 is 11.8 Å². The van der Waals surface area contributed by atoms with Crippen LogP contribution in [0.4, 0.5) is 11.4 Å². The number of anilines is 2. The molecule has 0 aromatic heterocycles. The minimum atomic E-state index is -0.815. The van der Waals surface area contributed by atoms with Crippen molar-refractivity contribution in [2.45, 2.75) is 47.9 Å². The minimum absolute atomic E-state index is 0.573. The molecule has 2 amide bonds. The molecule has 0 N–H and O–H groups in total. The van der Waals surface area contributed by atoms with Gasteiger partial charge in [0.25, 0.3) is 0 Å². The second kappa shape index (κ2) is 6.82. The molecular weight excluding hydrogens is 340 g/mol. The third-order valence-corrected chi connectivity index (χ3v) is 5.03. The van der Waals surface area contributed by atoms with Crippen LogP contribution < -0.4 is 9.80 Å². The van der Waals surface area contributed by atoms with Crippen LogP contribution in [0.3, 0.4) is 0 Å². The molecule has 3 rings (SSSR count). The fraction of sp³-hybridized carbons (Fsp3) is 0.364. The summed E-state index contributed by atoms with van der Waals surface area (Å²) in [4.78, 5) is 28.9. The van der Waals surface area contributed by atoms with Gasteiger partial charge in [0.2, 0.25) is 6.35 Å². The molecule has 142 valence electrons. The van der Waals surface area contributed by atoms with Gasteiger partial charge in [-0.1, -0.05) is 35.4 Å². The molecule has 1 aliphatic heterocycles. The van der Waals surface area contributed by atoms with E-state index in [1.807, 2.05) is 65.8 Å². The summed E-state index contributed by atoms with van der Waals surface area (Å²) in [5, 5.41) is 0. The van der Waals surface area contributed by atoms with Crippen molar-refractivity contribution < 1.29 is 14.3 Å². The number of hydrogen-bond donors (Lipinski definition) is 0. The molecule has 5 nitrogen and oxygen atoms in total. The van der Waals surface area contributed by atoms with Crippen molar-refractivity contribution >= 4 is 23.2 Å². The van der Waals surface area contributed by atoms with Crippen molar-refractivity contribution in [1.29, 1.82) is 0 Å². The van der Waals surface area contributed by atoms with Crippen LogP contribution >= 0.6 is 0 Å². The molecule has 2 aromatic carbocycles. The molecule has 27 heavy (non-hydrogen) atoms. The lowest BCUT2D eigenvalue weighted by Crippen LogP contribution is -2.43. The Labute approximate surface area is 160 Å². The monoisotopic (exact) mass is 366 g/mol. The van der Waals surface area contributed by atoms with E-state index in [-0.39, 0.29) is 0 Å². The Bertz CT molecular complexity index is 827. The molecule has 0 bridgehead atoms. The molecule has 0 spiro atoms. The summed E-state index contributed by atoms with van der Waals surface area (Å²) in [6, 6.07) is 8.05. The first kappa shape index (κ1) is 19.1. The van der Waals surface area contributed by atoms with Gasteiger partial charge < -0.3 is 4.74 Å². The molecule has 0 atom stereocenters. The zero-order chi connectivity index (χ0) is 20.0. The summed E-state index contributed by atoms with van der Waals surface area (Å²) < 4.78 is 5.68. The maximum Gasteiger partial charge on any atom is 0.320 e. The number of amides is 2. The number of aryl methyl sites for hydroxylation is 6.